The number of benzene rings is 2. The minimum absolute atomic E-state index is 0.00906. The zero-order valence-corrected chi connectivity index (χ0v) is 16.4. The number of rotatable bonds is 9. The molecule has 2 rings (SSSR count). The maximum Gasteiger partial charge on any atom is 0.257 e. The molecule has 0 saturated heterocycles. The molecule has 7 nitrogen and oxygen atoms in total. The van der Waals surface area contributed by atoms with Crippen LogP contribution in [0.5, 0.6) is 11.5 Å². The number of methoxy groups -OCH3 is 2. The highest BCUT2D eigenvalue weighted by molar-refractivity contribution is 7.92. The van der Waals surface area contributed by atoms with Gasteiger partial charge in [-0.3, -0.25) is 9.52 Å². The third kappa shape index (κ3) is 5.62. The molecule has 0 aliphatic heterocycles. The van der Waals surface area contributed by atoms with Gasteiger partial charge in [-0.2, -0.15) is 0 Å². The van der Waals surface area contributed by atoms with Crippen molar-refractivity contribution >= 4 is 27.3 Å². The molecular formula is C19H24N2O5S. The molecule has 2 aromatic rings. The monoisotopic (exact) mass is 392 g/mol. The van der Waals surface area contributed by atoms with Crippen LogP contribution in [0.1, 0.15) is 30.1 Å². The van der Waals surface area contributed by atoms with Gasteiger partial charge >= 0.3 is 0 Å². The van der Waals surface area contributed by atoms with Crippen molar-refractivity contribution in [3.05, 3.63) is 48.0 Å². The molecule has 0 bridgehead atoms. The van der Waals surface area contributed by atoms with Gasteiger partial charge in [-0.1, -0.05) is 25.5 Å². The topological polar surface area (TPSA) is 93.7 Å². The van der Waals surface area contributed by atoms with E-state index in [1.807, 2.05) is 6.92 Å². The van der Waals surface area contributed by atoms with E-state index in [1.165, 1.54) is 14.2 Å². The Kier molecular flexibility index (Phi) is 7.06. The Morgan fingerprint density at radius 2 is 1.74 bits per heavy atom. The van der Waals surface area contributed by atoms with Gasteiger partial charge in [0.15, 0.2) is 11.5 Å². The van der Waals surface area contributed by atoms with Crippen LogP contribution in [0.3, 0.4) is 0 Å². The molecule has 0 aromatic heterocycles. The lowest BCUT2D eigenvalue weighted by Crippen LogP contribution is -2.20. The molecule has 27 heavy (non-hydrogen) atoms. The van der Waals surface area contributed by atoms with Gasteiger partial charge in [0.05, 0.1) is 31.2 Å². The smallest absolute Gasteiger partial charge is 0.257 e. The average Bonchev–Trinajstić information content (AvgIpc) is 2.66. The summed E-state index contributed by atoms with van der Waals surface area (Å²) in [5.74, 6) is 0.592. The zero-order chi connectivity index (χ0) is 19.9. The summed E-state index contributed by atoms with van der Waals surface area (Å²) >= 11 is 0. The Balaban J connectivity index is 2.22. The lowest BCUT2D eigenvalue weighted by Gasteiger charge is -2.14. The van der Waals surface area contributed by atoms with Gasteiger partial charge in [0.25, 0.3) is 5.91 Å². The van der Waals surface area contributed by atoms with Crippen LogP contribution >= 0.6 is 0 Å². The standard InChI is InChI=1S/C19H24N2O5S/c1-4-5-12-27(23,24)21-16-9-7-6-8-15(16)19(22)20-14-10-11-17(25-2)18(13-14)26-3/h6-11,13,21H,4-5,12H2,1-3H3,(H,20,22). The molecule has 0 fully saturated rings. The highest BCUT2D eigenvalue weighted by Gasteiger charge is 2.17. The highest BCUT2D eigenvalue weighted by Crippen LogP contribution is 2.30. The molecule has 0 radical (unpaired) electrons. The molecule has 0 heterocycles. The molecule has 8 heteroatoms. The Morgan fingerprint density at radius 3 is 2.41 bits per heavy atom. The van der Waals surface area contributed by atoms with Gasteiger partial charge in [-0.05, 0) is 30.7 Å². The third-order valence-corrected chi connectivity index (χ3v) is 5.20. The Morgan fingerprint density at radius 1 is 1.04 bits per heavy atom. The number of para-hydroxylation sites is 1. The van der Waals surface area contributed by atoms with E-state index < -0.39 is 15.9 Å². The zero-order valence-electron chi connectivity index (χ0n) is 15.6. The fourth-order valence-corrected chi connectivity index (χ4v) is 3.72. The molecule has 0 spiro atoms. The fraction of sp³-hybridized carbons (Fsp3) is 0.316. The van der Waals surface area contributed by atoms with E-state index in [-0.39, 0.29) is 17.0 Å². The number of carbonyl (C=O) groups excluding carboxylic acids is 1. The second kappa shape index (κ2) is 9.27. The number of sulfonamides is 1. The van der Waals surface area contributed by atoms with E-state index in [0.29, 0.717) is 23.6 Å². The second-order valence-electron chi connectivity index (χ2n) is 5.84. The largest absolute Gasteiger partial charge is 0.493 e. The Labute approximate surface area is 159 Å². The number of carbonyl (C=O) groups is 1. The number of amides is 1. The number of unbranched alkanes of at least 4 members (excludes halogenated alkanes) is 1. The molecule has 0 atom stereocenters. The summed E-state index contributed by atoms with van der Waals surface area (Å²) in [4.78, 5) is 12.7. The van der Waals surface area contributed by atoms with Crippen LogP contribution in [0, 0.1) is 0 Å². The van der Waals surface area contributed by atoms with E-state index >= 15 is 0 Å². The number of hydrogen-bond donors (Lipinski definition) is 2. The SMILES string of the molecule is CCCCS(=O)(=O)Nc1ccccc1C(=O)Nc1ccc(OC)c(OC)c1. The molecular weight excluding hydrogens is 368 g/mol. The molecule has 0 saturated carbocycles. The number of anilines is 2. The van der Waals surface area contributed by atoms with Crippen molar-refractivity contribution in [2.45, 2.75) is 19.8 Å². The summed E-state index contributed by atoms with van der Waals surface area (Å²) < 4.78 is 37.2. The Bertz CT molecular complexity index is 897. The van der Waals surface area contributed by atoms with Gasteiger partial charge in [0, 0.05) is 11.8 Å². The number of ether oxygens (including phenoxy) is 2. The van der Waals surface area contributed by atoms with Crippen molar-refractivity contribution in [1.29, 1.82) is 0 Å². The summed E-state index contributed by atoms with van der Waals surface area (Å²) in [6.45, 7) is 1.92. The maximum absolute atomic E-state index is 12.7. The van der Waals surface area contributed by atoms with E-state index in [4.69, 9.17) is 9.47 Å². The van der Waals surface area contributed by atoms with Crippen LogP contribution in [0.15, 0.2) is 42.5 Å². The molecule has 2 aromatic carbocycles. The summed E-state index contributed by atoms with van der Waals surface area (Å²) in [6.07, 6.45) is 1.32. The van der Waals surface area contributed by atoms with Gasteiger partial charge in [-0.25, -0.2) is 8.42 Å². The van der Waals surface area contributed by atoms with E-state index in [0.717, 1.165) is 6.42 Å². The van der Waals surface area contributed by atoms with Gasteiger partial charge in [0.2, 0.25) is 10.0 Å². The highest BCUT2D eigenvalue weighted by atomic mass is 32.2. The first kappa shape index (κ1) is 20.6. The van der Waals surface area contributed by atoms with Crippen molar-refractivity contribution in [2.75, 3.05) is 30.0 Å². The molecule has 0 aliphatic carbocycles. The molecule has 146 valence electrons. The molecule has 0 aliphatic rings. The summed E-state index contributed by atoms with van der Waals surface area (Å²) in [5.41, 5.74) is 0.972. The normalized spacial score (nSPS) is 10.9. The first-order chi connectivity index (χ1) is 12.9. The van der Waals surface area contributed by atoms with Gasteiger partial charge in [0.1, 0.15) is 0 Å². The maximum atomic E-state index is 12.7. The van der Waals surface area contributed by atoms with Crippen LogP contribution in [-0.2, 0) is 10.0 Å². The van der Waals surface area contributed by atoms with E-state index in [2.05, 4.69) is 10.0 Å². The van der Waals surface area contributed by atoms with Crippen LogP contribution in [0.4, 0.5) is 11.4 Å². The summed E-state index contributed by atoms with van der Waals surface area (Å²) in [7, 11) is -0.483. The minimum atomic E-state index is -3.51. The lowest BCUT2D eigenvalue weighted by molar-refractivity contribution is 0.102. The molecule has 0 unspecified atom stereocenters. The van der Waals surface area contributed by atoms with Crippen LogP contribution in [0.25, 0.3) is 0 Å². The van der Waals surface area contributed by atoms with E-state index in [1.54, 1.807) is 42.5 Å². The van der Waals surface area contributed by atoms with Crippen LogP contribution in [0.2, 0.25) is 0 Å². The Hall–Kier alpha value is -2.74. The van der Waals surface area contributed by atoms with Crippen molar-refractivity contribution in [2.24, 2.45) is 0 Å². The predicted molar refractivity (Wildman–Crippen MR) is 106 cm³/mol. The second-order valence-corrected chi connectivity index (χ2v) is 7.69. The number of nitrogens with one attached hydrogen (secondary N) is 2. The fourth-order valence-electron chi connectivity index (χ4n) is 2.44. The number of hydrogen-bond acceptors (Lipinski definition) is 5. The molecule has 2 N–H and O–H groups in total. The first-order valence-corrected chi connectivity index (χ1v) is 10.2. The van der Waals surface area contributed by atoms with Crippen LogP contribution in [-0.4, -0.2) is 34.3 Å². The van der Waals surface area contributed by atoms with Crippen molar-refractivity contribution in [3.8, 4) is 11.5 Å². The molecule has 1 amide bonds. The van der Waals surface area contributed by atoms with Crippen LogP contribution < -0.4 is 19.5 Å². The van der Waals surface area contributed by atoms with E-state index in [9.17, 15) is 13.2 Å². The average molecular weight is 392 g/mol. The van der Waals surface area contributed by atoms with Gasteiger partial charge in [-0.15, -0.1) is 0 Å². The summed E-state index contributed by atoms with van der Waals surface area (Å²) in [5, 5.41) is 2.74. The van der Waals surface area contributed by atoms with Gasteiger partial charge < -0.3 is 14.8 Å². The first-order valence-electron chi connectivity index (χ1n) is 8.53. The quantitative estimate of drug-likeness (QED) is 0.681. The third-order valence-electron chi connectivity index (χ3n) is 3.85. The predicted octanol–water partition coefficient (Wildman–Crippen LogP) is 3.50. The van der Waals surface area contributed by atoms with Crippen molar-refractivity contribution < 1.29 is 22.7 Å². The van der Waals surface area contributed by atoms with Crippen molar-refractivity contribution in [3.63, 3.8) is 0 Å². The van der Waals surface area contributed by atoms with Crippen molar-refractivity contribution in [1.82, 2.24) is 0 Å². The lowest BCUT2D eigenvalue weighted by atomic mass is 10.1. The minimum Gasteiger partial charge on any atom is -0.493 e. The summed E-state index contributed by atoms with van der Waals surface area (Å²) in [6, 6.07) is 11.4.